The van der Waals surface area contributed by atoms with Gasteiger partial charge in [-0.1, -0.05) is 12.1 Å². The Kier molecular flexibility index (Phi) is 3.46. The second kappa shape index (κ2) is 4.91. The Balaban J connectivity index is 1.91. The average molecular weight is 262 g/mol. The summed E-state index contributed by atoms with van der Waals surface area (Å²) in [5.41, 5.74) is 2.12. The first-order valence-corrected chi connectivity index (χ1v) is 6.29. The van der Waals surface area contributed by atoms with Gasteiger partial charge in [-0.15, -0.1) is 0 Å². The maximum atomic E-state index is 11.8. The Bertz CT molecular complexity index is 521. The third kappa shape index (κ3) is 2.86. The van der Waals surface area contributed by atoms with Gasteiger partial charge in [-0.2, -0.15) is 0 Å². The van der Waals surface area contributed by atoms with E-state index in [0.717, 1.165) is 16.8 Å². The van der Waals surface area contributed by atoms with E-state index in [2.05, 4.69) is 10.6 Å². The van der Waals surface area contributed by atoms with Crippen molar-refractivity contribution in [1.29, 1.82) is 0 Å². The van der Waals surface area contributed by atoms with Crippen LogP contribution in [0.4, 0.5) is 10.5 Å². The summed E-state index contributed by atoms with van der Waals surface area (Å²) in [5, 5.41) is 14.4. The lowest BCUT2D eigenvalue weighted by Gasteiger charge is -2.14. The predicted molar refractivity (Wildman–Crippen MR) is 72.2 cm³/mol. The van der Waals surface area contributed by atoms with Gasteiger partial charge in [0.05, 0.1) is 5.41 Å². The number of aliphatic carboxylic acids is 1. The normalized spacial score (nSPS) is 15.7. The van der Waals surface area contributed by atoms with Crippen LogP contribution in [0.5, 0.6) is 0 Å². The summed E-state index contributed by atoms with van der Waals surface area (Å²) in [6.07, 6.45) is 1.26. The van der Waals surface area contributed by atoms with Crippen molar-refractivity contribution in [1.82, 2.24) is 5.32 Å². The summed E-state index contributed by atoms with van der Waals surface area (Å²) in [6.45, 7) is 4.09. The summed E-state index contributed by atoms with van der Waals surface area (Å²) in [5.74, 6) is -0.834. The fourth-order valence-corrected chi connectivity index (χ4v) is 1.92. The second-order valence-corrected chi connectivity index (χ2v) is 5.14. The van der Waals surface area contributed by atoms with Gasteiger partial charge in [0.25, 0.3) is 0 Å². The number of hydrogen-bond acceptors (Lipinski definition) is 2. The van der Waals surface area contributed by atoms with Crippen LogP contribution in [-0.2, 0) is 4.79 Å². The first-order valence-electron chi connectivity index (χ1n) is 6.29. The number of aryl methyl sites for hydroxylation is 1. The number of benzene rings is 1. The van der Waals surface area contributed by atoms with Crippen LogP contribution in [0.15, 0.2) is 18.2 Å². The van der Waals surface area contributed by atoms with Gasteiger partial charge in [-0.25, -0.2) is 4.79 Å². The molecule has 1 fully saturated rings. The van der Waals surface area contributed by atoms with Crippen molar-refractivity contribution < 1.29 is 14.7 Å². The summed E-state index contributed by atoms with van der Waals surface area (Å²) < 4.78 is 0. The SMILES string of the molecule is Cc1cccc(NC(=O)NCC2(C(=O)O)CC2)c1C. The van der Waals surface area contributed by atoms with Gasteiger partial charge in [0.15, 0.2) is 0 Å². The van der Waals surface area contributed by atoms with Crippen LogP contribution in [-0.4, -0.2) is 23.7 Å². The molecule has 1 aromatic carbocycles. The van der Waals surface area contributed by atoms with Crippen molar-refractivity contribution in [3.05, 3.63) is 29.3 Å². The molecule has 0 aromatic heterocycles. The van der Waals surface area contributed by atoms with Gasteiger partial charge < -0.3 is 15.7 Å². The highest BCUT2D eigenvalue weighted by Crippen LogP contribution is 2.45. The molecule has 1 aliphatic carbocycles. The molecule has 0 saturated heterocycles. The number of urea groups is 1. The van der Waals surface area contributed by atoms with Crippen molar-refractivity contribution in [2.75, 3.05) is 11.9 Å². The third-order valence-electron chi connectivity index (χ3n) is 3.75. The van der Waals surface area contributed by atoms with E-state index in [1.807, 2.05) is 32.0 Å². The Morgan fingerprint density at radius 2 is 2.00 bits per heavy atom. The monoisotopic (exact) mass is 262 g/mol. The van der Waals surface area contributed by atoms with Gasteiger partial charge >= 0.3 is 12.0 Å². The number of anilines is 1. The molecule has 19 heavy (non-hydrogen) atoms. The van der Waals surface area contributed by atoms with Crippen molar-refractivity contribution in [3.8, 4) is 0 Å². The minimum absolute atomic E-state index is 0.180. The van der Waals surface area contributed by atoms with E-state index in [0.29, 0.717) is 12.8 Å². The van der Waals surface area contributed by atoms with Crippen LogP contribution in [0.2, 0.25) is 0 Å². The predicted octanol–water partition coefficient (Wildman–Crippen LogP) is 2.29. The number of carboxylic acids is 1. The standard InChI is InChI=1S/C14H18N2O3/c1-9-4-3-5-11(10(9)2)16-13(19)15-8-14(6-7-14)12(17)18/h3-5H,6-8H2,1-2H3,(H,17,18)(H2,15,16,19). The van der Waals surface area contributed by atoms with Crippen LogP contribution < -0.4 is 10.6 Å². The molecular formula is C14H18N2O3. The molecule has 5 heteroatoms. The lowest BCUT2D eigenvalue weighted by atomic mass is 10.1. The zero-order chi connectivity index (χ0) is 14.0. The molecule has 3 N–H and O–H groups in total. The molecule has 0 radical (unpaired) electrons. The van der Waals surface area contributed by atoms with E-state index >= 15 is 0 Å². The highest BCUT2D eigenvalue weighted by molar-refractivity contribution is 5.91. The number of nitrogens with one attached hydrogen (secondary N) is 2. The molecule has 1 aliphatic rings. The number of hydrogen-bond donors (Lipinski definition) is 3. The molecule has 0 atom stereocenters. The molecule has 1 saturated carbocycles. The Labute approximate surface area is 112 Å². The molecule has 0 spiro atoms. The Morgan fingerprint density at radius 1 is 1.32 bits per heavy atom. The second-order valence-electron chi connectivity index (χ2n) is 5.14. The zero-order valence-electron chi connectivity index (χ0n) is 11.1. The highest BCUT2D eigenvalue weighted by Gasteiger charge is 2.50. The lowest BCUT2D eigenvalue weighted by Crippen LogP contribution is -2.36. The zero-order valence-corrected chi connectivity index (χ0v) is 11.1. The van der Waals surface area contributed by atoms with Crippen molar-refractivity contribution in [3.63, 3.8) is 0 Å². The smallest absolute Gasteiger partial charge is 0.319 e. The fourth-order valence-electron chi connectivity index (χ4n) is 1.92. The highest BCUT2D eigenvalue weighted by atomic mass is 16.4. The summed E-state index contributed by atoms with van der Waals surface area (Å²) >= 11 is 0. The molecule has 2 rings (SSSR count). The van der Waals surface area contributed by atoms with E-state index < -0.39 is 11.4 Å². The number of carbonyl (C=O) groups is 2. The van der Waals surface area contributed by atoms with Gasteiger partial charge in [-0.05, 0) is 43.9 Å². The summed E-state index contributed by atoms with van der Waals surface area (Å²) in [4.78, 5) is 22.7. The third-order valence-corrected chi connectivity index (χ3v) is 3.75. The van der Waals surface area contributed by atoms with Crippen LogP contribution in [0.25, 0.3) is 0 Å². The molecule has 102 valence electrons. The maximum absolute atomic E-state index is 11.8. The molecule has 0 unspecified atom stereocenters. The van der Waals surface area contributed by atoms with Crippen LogP contribution >= 0.6 is 0 Å². The van der Waals surface area contributed by atoms with Crippen molar-refractivity contribution in [2.45, 2.75) is 26.7 Å². The van der Waals surface area contributed by atoms with Crippen LogP contribution in [0.3, 0.4) is 0 Å². The van der Waals surface area contributed by atoms with E-state index in [-0.39, 0.29) is 12.6 Å². The molecule has 0 heterocycles. The number of carbonyl (C=O) groups excluding carboxylic acids is 1. The van der Waals surface area contributed by atoms with Gasteiger partial charge in [0.1, 0.15) is 0 Å². The number of rotatable bonds is 4. The fraction of sp³-hybridized carbons (Fsp3) is 0.429. The molecular weight excluding hydrogens is 244 g/mol. The quantitative estimate of drug-likeness (QED) is 0.779. The van der Waals surface area contributed by atoms with Gasteiger partial charge in [0.2, 0.25) is 0 Å². The van der Waals surface area contributed by atoms with Crippen molar-refractivity contribution >= 4 is 17.7 Å². The topological polar surface area (TPSA) is 78.4 Å². The maximum Gasteiger partial charge on any atom is 0.319 e. The minimum Gasteiger partial charge on any atom is -0.481 e. The largest absolute Gasteiger partial charge is 0.481 e. The van der Waals surface area contributed by atoms with E-state index in [1.165, 1.54) is 0 Å². The summed E-state index contributed by atoms with van der Waals surface area (Å²) in [7, 11) is 0. The number of amides is 2. The van der Waals surface area contributed by atoms with E-state index in [4.69, 9.17) is 5.11 Å². The van der Waals surface area contributed by atoms with Crippen LogP contribution in [0.1, 0.15) is 24.0 Å². The molecule has 5 nitrogen and oxygen atoms in total. The molecule has 1 aromatic rings. The first kappa shape index (κ1) is 13.4. The Hall–Kier alpha value is -2.04. The number of carboxylic acid groups (broad SMARTS) is 1. The molecule has 0 bridgehead atoms. The minimum atomic E-state index is -0.834. The average Bonchev–Trinajstić information content (AvgIpc) is 3.14. The van der Waals surface area contributed by atoms with Crippen LogP contribution in [0, 0.1) is 19.3 Å². The van der Waals surface area contributed by atoms with Crippen molar-refractivity contribution in [2.24, 2.45) is 5.41 Å². The summed E-state index contributed by atoms with van der Waals surface area (Å²) in [6, 6.07) is 5.31. The molecule has 0 aliphatic heterocycles. The Morgan fingerprint density at radius 3 is 2.58 bits per heavy atom. The lowest BCUT2D eigenvalue weighted by molar-refractivity contribution is -0.143. The van der Waals surface area contributed by atoms with E-state index in [1.54, 1.807) is 0 Å². The molecule has 2 amide bonds. The first-order chi connectivity index (χ1) is 8.94. The van der Waals surface area contributed by atoms with Gasteiger partial charge in [-0.3, -0.25) is 4.79 Å². The van der Waals surface area contributed by atoms with E-state index in [9.17, 15) is 9.59 Å². The van der Waals surface area contributed by atoms with Gasteiger partial charge in [0, 0.05) is 12.2 Å².